The highest BCUT2D eigenvalue weighted by atomic mass is 16.3. The van der Waals surface area contributed by atoms with Crippen LogP contribution in [0.5, 0.6) is 0 Å². The summed E-state index contributed by atoms with van der Waals surface area (Å²) in [6.07, 6.45) is 2.85. The molecule has 0 atom stereocenters. The maximum Gasteiger partial charge on any atom is 0.108 e. The van der Waals surface area contributed by atoms with Gasteiger partial charge in [0.15, 0.2) is 0 Å². The average molecular weight is 127 g/mol. The summed E-state index contributed by atoms with van der Waals surface area (Å²) in [7, 11) is 0. The molecule has 52 valence electrons. The third kappa shape index (κ3) is 10.9. The Kier molecular flexibility index (Phi) is 5.93. The molecule has 0 aromatic carbocycles. The molecular weight excluding hydrogens is 114 g/mol. The minimum absolute atomic E-state index is 0. The lowest BCUT2D eigenvalue weighted by Crippen LogP contribution is -1.88. The van der Waals surface area contributed by atoms with Crippen molar-refractivity contribution >= 4 is 0 Å². The number of hydrogen-bond donors (Lipinski definition) is 2. The molecular formula is C7H13NO. The predicted octanol–water partition coefficient (Wildman–Crippen LogP) is 1.72. The van der Waals surface area contributed by atoms with Crippen molar-refractivity contribution in [2.45, 2.75) is 7.43 Å². The van der Waals surface area contributed by atoms with Crippen LogP contribution in [0, 0.1) is 0 Å². The summed E-state index contributed by atoms with van der Waals surface area (Å²) in [5, 5.41) is 8.42. The van der Waals surface area contributed by atoms with Gasteiger partial charge in [-0.3, -0.25) is 0 Å². The number of nitrogens with two attached hydrogens (primary N) is 1. The highest BCUT2D eigenvalue weighted by Gasteiger charge is 1.75. The molecule has 0 rings (SSSR count). The molecule has 3 N–H and O–H groups in total. The van der Waals surface area contributed by atoms with Crippen LogP contribution in [0.3, 0.4) is 0 Å². The highest BCUT2D eigenvalue weighted by molar-refractivity contribution is 5.17. The van der Waals surface area contributed by atoms with Gasteiger partial charge in [0.05, 0.1) is 0 Å². The van der Waals surface area contributed by atoms with E-state index < -0.39 is 0 Å². The van der Waals surface area contributed by atoms with Crippen LogP contribution in [0.15, 0.2) is 36.8 Å². The van der Waals surface area contributed by atoms with Crippen LogP contribution in [0.1, 0.15) is 7.43 Å². The topological polar surface area (TPSA) is 46.2 Å². The van der Waals surface area contributed by atoms with Gasteiger partial charge in [0.25, 0.3) is 0 Å². The molecule has 0 radical (unpaired) electrons. The maximum atomic E-state index is 8.42. The fourth-order valence-electron chi connectivity index (χ4n) is 0.203. The quantitative estimate of drug-likeness (QED) is 0.438. The molecule has 0 aliphatic heterocycles. The van der Waals surface area contributed by atoms with Gasteiger partial charge in [0.2, 0.25) is 0 Å². The van der Waals surface area contributed by atoms with E-state index >= 15 is 0 Å². The Morgan fingerprint density at radius 3 is 1.89 bits per heavy atom. The molecule has 0 aromatic rings. The Balaban J connectivity index is 0. The Morgan fingerprint density at radius 2 is 1.78 bits per heavy atom. The Hall–Kier alpha value is -1.18. The summed E-state index contributed by atoms with van der Waals surface area (Å²) in [6, 6.07) is 0. The molecule has 0 fully saturated rings. The molecule has 0 heterocycles. The van der Waals surface area contributed by atoms with Crippen LogP contribution in [-0.4, -0.2) is 5.11 Å². The molecule has 0 unspecified atom stereocenters. The van der Waals surface area contributed by atoms with Gasteiger partial charge >= 0.3 is 0 Å². The van der Waals surface area contributed by atoms with Crippen LogP contribution in [-0.2, 0) is 0 Å². The van der Waals surface area contributed by atoms with E-state index in [2.05, 4.69) is 13.2 Å². The molecule has 2 heteroatoms. The van der Waals surface area contributed by atoms with Crippen molar-refractivity contribution in [3.8, 4) is 0 Å². The fourth-order valence-corrected chi connectivity index (χ4v) is 0.203. The average Bonchev–Trinajstić information content (AvgIpc) is 1.61. The maximum absolute atomic E-state index is 8.42. The van der Waals surface area contributed by atoms with Gasteiger partial charge in [-0.2, -0.15) is 0 Å². The summed E-state index contributed by atoms with van der Waals surface area (Å²) in [6.45, 7) is 6.56. The third-order valence-electron chi connectivity index (χ3n) is 0.490. The minimum atomic E-state index is -0.0170. The van der Waals surface area contributed by atoms with Crippen molar-refractivity contribution in [2.24, 2.45) is 5.73 Å². The predicted molar refractivity (Wildman–Crippen MR) is 41.0 cm³/mol. The van der Waals surface area contributed by atoms with Gasteiger partial charge in [-0.1, -0.05) is 20.6 Å². The number of rotatable bonds is 2. The van der Waals surface area contributed by atoms with E-state index in [9.17, 15) is 0 Å². The Morgan fingerprint density at radius 1 is 1.33 bits per heavy atom. The number of hydrogen-bond acceptors (Lipinski definition) is 2. The van der Waals surface area contributed by atoms with Crippen molar-refractivity contribution in [3.63, 3.8) is 0 Å². The zero-order valence-corrected chi connectivity index (χ0v) is 4.59. The summed E-state index contributed by atoms with van der Waals surface area (Å²) >= 11 is 0. The summed E-state index contributed by atoms with van der Waals surface area (Å²) < 4.78 is 0. The van der Waals surface area contributed by atoms with Crippen molar-refractivity contribution in [3.05, 3.63) is 36.8 Å². The van der Waals surface area contributed by atoms with Crippen molar-refractivity contribution in [1.29, 1.82) is 0 Å². The van der Waals surface area contributed by atoms with E-state index in [4.69, 9.17) is 10.8 Å². The van der Waals surface area contributed by atoms with Crippen molar-refractivity contribution < 1.29 is 5.11 Å². The lowest BCUT2D eigenvalue weighted by Gasteiger charge is -1.84. The van der Waals surface area contributed by atoms with Crippen molar-refractivity contribution in [1.82, 2.24) is 0 Å². The van der Waals surface area contributed by atoms with Gasteiger partial charge in [0, 0.05) is 5.70 Å². The first-order valence-electron chi connectivity index (χ1n) is 2.13. The first kappa shape index (κ1) is 10.7. The molecule has 0 aliphatic carbocycles. The zero-order valence-electron chi connectivity index (χ0n) is 4.59. The van der Waals surface area contributed by atoms with Gasteiger partial charge in [-0.05, 0) is 12.2 Å². The van der Waals surface area contributed by atoms with E-state index in [1.807, 2.05) is 0 Å². The van der Waals surface area contributed by atoms with Crippen LogP contribution < -0.4 is 5.73 Å². The molecule has 0 bridgehead atoms. The van der Waals surface area contributed by atoms with Crippen LogP contribution in [0.2, 0.25) is 0 Å². The van der Waals surface area contributed by atoms with Gasteiger partial charge in [-0.15, -0.1) is 0 Å². The smallest absolute Gasteiger partial charge is 0.108 e. The second-order valence-electron chi connectivity index (χ2n) is 1.40. The van der Waals surface area contributed by atoms with Crippen LogP contribution in [0.4, 0.5) is 0 Å². The minimum Gasteiger partial charge on any atom is -0.509 e. The number of aliphatic hydroxyl groups excluding tert-OH is 1. The second kappa shape index (κ2) is 4.97. The van der Waals surface area contributed by atoms with Gasteiger partial charge in [-0.25, -0.2) is 0 Å². The number of aliphatic hydroxyl groups is 1. The molecule has 0 aromatic heterocycles. The van der Waals surface area contributed by atoms with E-state index in [0.29, 0.717) is 5.70 Å². The first-order chi connectivity index (χ1) is 3.63. The van der Waals surface area contributed by atoms with Crippen molar-refractivity contribution in [2.75, 3.05) is 0 Å². The Labute approximate surface area is 56.0 Å². The summed E-state index contributed by atoms with van der Waals surface area (Å²) in [5.41, 5.74) is 5.51. The molecule has 0 saturated carbocycles. The monoisotopic (exact) mass is 127 g/mol. The fraction of sp³-hybridized carbons (Fsp3) is 0.143. The normalized spacial score (nSPS) is 8.44. The summed E-state index contributed by atoms with van der Waals surface area (Å²) in [4.78, 5) is 0. The molecule has 0 aliphatic rings. The van der Waals surface area contributed by atoms with Crippen LogP contribution in [0.25, 0.3) is 0 Å². The standard InChI is InChI=1S/C6H9NO.CH4/c1-5(7)3-4-6(2)8;/h3-4,8H,1-2,7H2;1H4/b4-3-;. The molecule has 0 amide bonds. The Bertz CT molecular complexity index is 120. The number of allylic oxidation sites excluding steroid dienone is 2. The molecule has 0 spiro atoms. The molecule has 2 nitrogen and oxygen atoms in total. The molecule has 9 heavy (non-hydrogen) atoms. The molecule has 0 saturated heterocycles. The first-order valence-corrected chi connectivity index (χ1v) is 2.13. The lowest BCUT2D eigenvalue weighted by molar-refractivity contribution is 0.435. The van der Waals surface area contributed by atoms with Crippen LogP contribution >= 0.6 is 0 Å². The highest BCUT2D eigenvalue weighted by Crippen LogP contribution is 1.86. The second-order valence-corrected chi connectivity index (χ2v) is 1.40. The third-order valence-corrected chi connectivity index (χ3v) is 0.490. The van der Waals surface area contributed by atoms with Gasteiger partial charge < -0.3 is 10.8 Å². The largest absolute Gasteiger partial charge is 0.509 e. The van der Waals surface area contributed by atoms with Gasteiger partial charge in [0.1, 0.15) is 5.76 Å². The van der Waals surface area contributed by atoms with E-state index in [0.717, 1.165) is 0 Å². The van der Waals surface area contributed by atoms with E-state index in [1.54, 1.807) is 0 Å². The summed E-state index contributed by atoms with van der Waals surface area (Å²) in [5.74, 6) is -0.0170. The SMILES string of the molecule is C.C=C(N)/C=C\C(=C)O. The van der Waals surface area contributed by atoms with E-state index in [-0.39, 0.29) is 13.2 Å². The lowest BCUT2D eigenvalue weighted by atomic mass is 10.4. The zero-order chi connectivity index (χ0) is 6.57. The van der Waals surface area contributed by atoms with E-state index in [1.165, 1.54) is 12.2 Å².